The van der Waals surface area contributed by atoms with Crippen molar-refractivity contribution in [2.75, 3.05) is 17.6 Å². The second kappa shape index (κ2) is 4.47. The number of nitrogens with zero attached hydrogens (tertiary/aromatic N) is 2. The fourth-order valence-electron chi connectivity index (χ4n) is 2.21. The minimum atomic E-state index is -2.90. The van der Waals surface area contributed by atoms with E-state index in [2.05, 4.69) is 15.3 Å². The van der Waals surface area contributed by atoms with Crippen LogP contribution in [-0.4, -0.2) is 35.9 Å². The van der Waals surface area contributed by atoms with Gasteiger partial charge in [0.15, 0.2) is 9.84 Å². The average molecular weight is 283 g/mol. The molecule has 1 fully saturated rings. The van der Waals surface area contributed by atoms with Crippen molar-refractivity contribution in [3.05, 3.63) is 17.8 Å². The summed E-state index contributed by atoms with van der Waals surface area (Å²) in [6.07, 6.45) is 3.02. The van der Waals surface area contributed by atoms with E-state index in [0.717, 1.165) is 28.9 Å². The molecule has 0 aliphatic carbocycles. The number of hydrogen-bond donors (Lipinski definition) is 1. The lowest BCUT2D eigenvalue weighted by Gasteiger charge is -2.11. The molecule has 1 unspecified atom stereocenters. The van der Waals surface area contributed by atoms with Crippen LogP contribution in [0.1, 0.15) is 12.8 Å². The topological polar surface area (TPSA) is 72.0 Å². The van der Waals surface area contributed by atoms with Crippen molar-refractivity contribution in [1.29, 1.82) is 0 Å². The third kappa shape index (κ3) is 2.08. The standard InChI is InChI=1S/C11H13N3O2S2/c15-18(16)5-1-2-8(18)6-12-11-10-9(3-4-17-10)13-7-14-11/h3-4,7-8H,1-2,5-6H2,(H,12,13,14). The Bertz CT molecular complexity index is 666. The van der Waals surface area contributed by atoms with Crippen molar-refractivity contribution < 1.29 is 8.42 Å². The van der Waals surface area contributed by atoms with Crippen LogP contribution in [0.2, 0.25) is 0 Å². The monoisotopic (exact) mass is 283 g/mol. The number of fused-ring (bicyclic) bond motifs is 1. The largest absolute Gasteiger partial charge is 0.367 e. The van der Waals surface area contributed by atoms with Gasteiger partial charge < -0.3 is 5.32 Å². The number of thiophene rings is 1. The molecule has 0 spiro atoms. The lowest BCUT2D eigenvalue weighted by molar-refractivity contribution is 0.591. The second-order valence-corrected chi connectivity index (χ2v) is 7.69. The fourth-order valence-corrected chi connectivity index (χ4v) is 4.79. The van der Waals surface area contributed by atoms with Gasteiger partial charge in [-0.1, -0.05) is 0 Å². The summed E-state index contributed by atoms with van der Waals surface area (Å²) in [7, 11) is -2.90. The van der Waals surface area contributed by atoms with E-state index in [1.54, 1.807) is 11.3 Å². The Morgan fingerprint density at radius 3 is 3.11 bits per heavy atom. The summed E-state index contributed by atoms with van der Waals surface area (Å²) in [5.41, 5.74) is 0.895. The molecule has 1 aliphatic rings. The van der Waals surface area contributed by atoms with Gasteiger partial charge in [-0.3, -0.25) is 0 Å². The SMILES string of the molecule is O=S1(=O)CCCC1CNc1ncnc2ccsc12. The van der Waals surface area contributed by atoms with Gasteiger partial charge in [0.25, 0.3) is 0 Å². The van der Waals surface area contributed by atoms with Crippen LogP contribution in [0.5, 0.6) is 0 Å². The Hall–Kier alpha value is -1.21. The first-order valence-corrected chi connectivity index (χ1v) is 8.40. The molecule has 2 aromatic heterocycles. The second-order valence-electron chi connectivity index (χ2n) is 4.37. The Labute approximate surface area is 109 Å². The summed E-state index contributed by atoms with van der Waals surface area (Å²) in [6, 6.07) is 1.93. The molecule has 18 heavy (non-hydrogen) atoms. The molecule has 0 bridgehead atoms. The van der Waals surface area contributed by atoms with Gasteiger partial charge in [-0.15, -0.1) is 11.3 Å². The molecule has 3 rings (SSSR count). The maximum absolute atomic E-state index is 11.7. The van der Waals surface area contributed by atoms with Gasteiger partial charge >= 0.3 is 0 Å². The first-order chi connectivity index (χ1) is 8.67. The maximum Gasteiger partial charge on any atom is 0.154 e. The van der Waals surface area contributed by atoms with Crippen LogP contribution < -0.4 is 5.32 Å². The minimum Gasteiger partial charge on any atom is -0.367 e. The zero-order chi connectivity index (χ0) is 12.6. The van der Waals surface area contributed by atoms with Crippen molar-refractivity contribution >= 4 is 37.2 Å². The molecule has 96 valence electrons. The van der Waals surface area contributed by atoms with Crippen LogP contribution in [-0.2, 0) is 9.84 Å². The highest BCUT2D eigenvalue weighted by molar-refractivity contribution is 7.92. The fraction of sp³-hybridized carbons (Fsp3) is 0.455. The van der Waals surface area contributed by atoms with E-state index in [1.165, 1.54) is 6.33 Å². The lowest BCUT2D eigenvalue weighted by atomic mass is 10.2. The summed E-state index contributed by atoms with van der Waals surface area (Å²) >= 11 is 1.56. The van der Waals surface area contributed by atoms with Crippen molar-refractivity contribution in [1.82, 2.24) is 9.97 Å². The van der Waals surface area contributed by atoms with E-state index in [0.29, 0.717) is 12.3 Å². The highest BCUT2D eigenvalue weighted by Gasteiger charge is 2.31. The van der Waals surface area contributed by atoms with Gasteiger partial charge in [0.2, 0.25) is 0 Å². The summed E-state index contributed by atoms with van der Waals surface area (Å²) < 4.78 is 24.4. The van der Waals surface area contributed by atoms with Crippen molar-refractivity contribution in [3.8, 4) is 0 Å². The molecular formula is C11H13N3O2S2. The Kier molecular flexibility index (Phi) is 2.95. The zero-order valence-electron chi connectivity index (χ0n) is 9.67. The predicted molar refractivity (Wildman–Crippen MR) is 72.7 cm³/mol. The Morgan fingerprint density at radius 1 is 1.44 bits per heavy atom. The van der Waals surface area contributed by atoms with E-state index < -0.39 is 9.84 Å². The summed E-state index contributed by atoms with van der Waals surface area (Å²) in [4.78, 5) is 8.33. The van der Waals surface area contributed by atoms with Gasteiger partial charge in [-0.25, -0.2) is 18.4 Å². The van der Waals surface area contributed by atoms with Gasteiger partial charge in [0.1, 0.15) is 12.1 Å². The van der Waals surface area contributed by atoms with Crippen molar-refractivity contribution in [3.63, 3.8) is 0 Å². The molecule has 0 aromatic carbocycles. The lowest BCUT2D eigenvalue weighted by Crippen LogP contribution is -2.25. The number of aromatic nitrogens is 2. The van der Waals surface area contributed by atoms with E-state index in [4.69, 9.17) is 0 Å². The quantitative estimate of drug-likeness (QED) is 0.928. The highest BCUT2D eigenvalue weighted by atomic mass is 32.2. The molecule has 7 heteroatoms. The van der Waals surface area contributed by atoms with Crippen LogP contribution >= 0.6 is 11.3 Å². The molecule has 1 N–H and O–H groups in total. The first-order valence-electron chi connectivity index (χ1n) is 5.80. The molecule has 1 atom stereocenters. The molecule has 0 amide bonds. The summed E-state index contributed by atoms with van der Waals surface area (Å²) in [6.45, 7) is 0.437. The van der Waals surface area contributed by atoms with Crippen LogP contribution in [0.4, 0.5) is 5.82 Å². The number of anilines is 1. The Balaban J connectivity index is 1.79. The van der Waals surface area contributed by atoms with Crippen molar-refractivity contribution in [2.24, 2.45) is 0 Å². The van der Waals surface area contributed by atoms with Gasteiger partial charge in [-0.2, -0.15) is 0 Å². The van der Waals surface area contributed by atoms with E-state index in [-0.39, 0.29) is 5.25 Å². The zero-order valence-corrected chi connectivity index (χ0v) is 11.3. The third-order valence-electron chi connectivity index (χ3n) is 3.20. The molecule has 0 saturated carbocycles. The number of nitrogens with one attached hydrogen (secondary N) is 1. The number of sulfone groups is 1. The predicted octanol–water partition coefficient (Wildman–Crippen LogP) is 1.68. The van der Waals surface area contributed by atoms with Crippen molar-refractivity contribution in [2.45, 2.75) is 18.1 Å². The summed E-state index contributed by atoms with van der Waals surface area (Å²) in [5, 5.41) is 4.83. The smallest absolute Gasteiger partial charge is 0.154 e. The normalized spacial score (nSPS) is 22.3. The first kappa shape index (κ1) is 11.9. The molecule has 0 radical (unpaired) electrons. The molecule has 5 nitrogen and oxygen atoms in total. The minimum absolute atomic E-state index is 0.275. The van der Waals surface area contributed by atoms with Gasteiger partial charge in [0, 0.05) is 6.54 Å². The van der Waals surface area contributed by atoms with Gasteiger partial charge in [0.05, 0.1) is 21.2 Å². The van der Waals surface area contributed by atoms with E-state index in [1.807, 2.05) is 11.4 Å². The van der Waals surface area contributed by atoms with Gasteiger partial charge in [-0.05, 0) is 24.3 Å². The molecule has 1 saturated heterocycles. The number of hydrogen-bond acceptors (Lipinski definition) is 6. The third-order valence-corrected chi connectivity index (χ3v) is 6.39. The van der Waals surface area contributed by atoms with Crippen LogP contribution in [0.15, 0.2) is 17.8 Å². The van der Waals surface area contributed by atoms with E-state index in [9.17, 15) is 8.42 Å². The molecule has 3 heterocycles. The molecule has 2 aromatic rings. The summed E-state index contributed by atoms with van der Waals surface area (Å²) in [5.74, 6) is 1.05. The molecule has 1 aliphatic heterocycles. The molecular weight excluding hydrogens is 270 g/mol. The average Bonchev–Trinajstić information content (AvgIpc) is 2.92. The van der Waals surface area contributed by atoms with E-state index >= 15 is 0 Å². The van der Waals surface area contributed by atoms with Crippen LogP contribution in [0.3, 0.4) is 0 Å². The van der Waals surface area contributed by atoms with Crippen LogP contribution in [0.25, 0.3) is 10.2 Å². The maximum atomic E-state index is 11.7. The Morgan fingerprint density at radius 2 is 2.33 bits per heavy atom. The van der Waals surface area contributed by atoms with Crippen LogP contribution in [0, 0.1) is 0 Å². The number of rotatable bonds is 3. The highest BCUT2D eigenvalue weighted by Crippen LogP contribution is 2.26.